The Labute approximate surface area is 107 Å². The third-order valence-corrected chi connectivity index (χ3v) is 2.23. The van der Waals surface area contributed by atoms with Gasteiger partial charge in [0.25, 0.3) is 0 Å². The van der Waals surface area contributed by atoms with E-state index in [2.05, 4.69) is 12.5 Å². The summed E-state index contributed by atoms with van der Waals surface area (Å²) in [4.78, 5) is 0. The second kappa shape index (κ2) is 7.36. The summed E-state index contributed by atoms with van der Waals surface area (Å²) in [6.07, 6.45) is 7.05. The molecule has 0 aromatic carbocycles. The smallest absolute Gasteiger partial charge is 0.140 e. The molecule has 0 unspecified atom stereocenters. The summed E-state index contributed by atoms with van der Waals surface area (Å²) >= 11 is 11.4. The van der Waals surface area contributed by atoms with Gasteiger partial charge in [0.05, 0.1) is 30.7 Å². The molecule has 0 rings (SSSR count). The van der Waals surface area contributed by atoms with Gasteiger partial charge in [0.15, 0.2) is 0 Å². The summed E-state index contributed by atoms with van der Waals surface area (Å²) in [5, 5.41) is 0.854. The molecule has 0 spiro atoms. The Bertz CT molecular complexity index is 264. The second-order valence-electron chi connectivity index (χ2n) is 3.44. The summed E-state index contributed by atoms with van der Waals surface area (Å²) in [6, 6.07) is 0. The molecule has 0 bridgehead atoms. The molecule has 0 amide bonds. The first-order valence-corrected chi connectivity index (χ1v) is 4.60. The van der Waals surface area contributed by atoms with Gasteiger partial charge in [-0.2, -0.15) is 0 Å². The van der Waals surface area contributed by atoms with E-state index in [1.165, 1.54) is 0 Å². The van der Waals surface area contributed by atoms with Crippen LogP contribution in [0.3, 0.4) is 0 Å². The highest BCUT2D eigenvalue weighted by Crippen LogP contribution is 2.16. The van der Waals surface area contributed by atoms with Crippen LogP contribution in [0, 0.1) is 12.3 Å². The molecule has 0 heterocycles. The van der Waals surface area contributed by atoms with Gasteiger partial charge in [-0.15, -0.1) is 6.42 Å². The third kappa shape index (κ3) is 7.46. The lowest BCUT2D eigenvalue weighted by atomic mass is 10.4. The van der Waals surface area contributed by atoms with Crippen LogP contribution in [0.4, 0.5) is 0 Å². The van der Waals surface area contributed by atoms with Gasteiger partial charge in [0.2, 0.25) is 0 Å². The Kier molecular flexibility index (Phi) is 8.67. The summed E-state index contributed by atoms with van der Waals surface area (Å²) < 4.78 is 0.691. The maximum atomic E-state index is 5.79. The average molecular weight is 299 g/mol. The van der Waals surface area contributed by atoms with E-state index in [1.807, 2.05) is 20.2 Å². The van der Waals surface area contributed by atoms with Gasteiger partial charge in [-0.1, -0.05) is 29.8 Å². The molecule has 0 aliphatic heterocycles. The van der Waals surface area contributed by atoms with E-state index in [4.69, 9.17) is 29.6 Å². The van der Waals surface area contributed by atoms with Crippen LogP contribution >= 0.6 is 23.2 Å². The second-order valence-corrected chi connectivity index (χ2v) is 4.30. The molecule has 0 atom stereocenters. The van der Waals surface area contributed by atoms with E-state index in [1.54, 1.807) is 0 Å². The molecule has 0 aromatic heterocycles. The van der Waals surface area contributed by atoms with Crippen molar-refractivity contribution in [1.82, 2.24) is 0 Å². The number of nitrogens with zero attached hydrogens (tertiary/aromatic N) is 1. The minimum absolute atomic E-state index is 0. The summed E-state index contributed by atoms with van der Waals surface area (Å²) in [5.41, 5.74) is 0. The Morgan fingerprint density at radius 2 is 2.00 bits per heavy atom. The van der Waals surface area contributed by atoms with E-state index in [9.17, 15) is 0 Å². The van der Waals surface area contributed by atoms with Gasteiger partial charge < -0.3 is 21.5 Å². The molecule has 0 aliphatic rings. The summed E-state index contributed by atoms with van der Waals surface area (Å²) in [6.45, 7) is 4.93. The molecule has 0 aliphatic carbocycles. The molecule has 14 heavy (non-hydrogen) atoms. The Balaban J connectivity index is 0. The highest BCUT2D eigenvalue weighted by Gasteiger charge is 2.11. The summed E-state index contributed by atoms with van der Waals surface area (Å²) in [5.74, 6) is 2.61. The standard InChI is InChI=1S/C10H14Cl2N.BrH/c1-5-7-13(3,4)8-6-10(12)9(2)11;/h1,6H,2,7-8H2,3-4H3;1H/q+1;/p-1. The number of quaternary nitrogens is 1. The van der Waals surface area contributed by atoms with Crippen LogP contribution in [-0.2, 0) is 0 Å². The zero-order chi connectivity index (χ0) is 10.5. The van der Waals surface area contributed by atoms with Gasteiger partial charge in [0, 0.05) is 0 Å². The van der Waals surface area contributed by atoms with Crippen molar-refractivity contribution in [1.29, 1.82) is 0 Å². The van der Waals surface area contributed by atoms with E-state index in [0.29, 0.717) is 21.1 Å². The number of terminal acetylenes is 1. The van der Waals surface area contributed by atoms with Crippen molar-refractivity contribution in [3.05, 3.63) is 22.7 Å². The molecule has 80 valence electrons. The maximum absolute atomic E-state index is 5.79. The number of rotatable bonds is 4. The SMILES string of the molecule is C#CC[N+](C)(C)CC=C(Cl)C(=C)Cl.[Br-]. The quantitative estimate of drug-likeness (QED) is 0.376. The third-order valence-electron chi connectivity index (χ3n) is 1.54. The van der Waals surface area contributed by atoms with Gasteiger partial charge in [0.1, 0.15) is 6.54 Å². The first kappa shape index (κ1) is 16.5. The van der Waals surface area contributed by atoms with Crippen molar-refractivity contribution in [3.63, 3.8) is 0 Å². The lowest BCUT2D eigenvalue weighted by molar-refractivity contribution is -0.877. The number of hydrogen-bond donors (Lipinski definition) is 0. The van der Waals surface area contributed by atoms with Crippen LogP contribution in [0.15, 0.2) is 22.7 Å². The van der Waals surface area contributed by atoms with Crippen LogP contribution < -0.4 is 17.0 Å². The van der Waals surface area contributed by atoms with Gasteiger partial charge in [-0.25, -0.2) is 0 Å². The van der Waals surface area contributed by atoms with Crippen molar-refractivity contribution < 1.29 is 21.5 Å². The first-order valence-electron chi connectivity index (χ1n) is 3.85. The molecule has 0 N–H and O–H groups in total. The molecular weight excluding hydrogens is 285 g/mol. The zero-order valence-electron chi connectivity index (χ0n) is 8.36. The molecular formula is C10H14BrCl2N. The molecule has 4 heteroatoms. The average Bonchev–Trinajstić information content (AvgIpc) is 2.00. The Morgan fingerprint density at radius 3 is 2.36 bits per heavy atom. The number of halogens is 3. The first-order chi connectivity index (χ1) is 5.89. The minimum atomic E-state index is 0. The molecule has 0 radical (unpaired) electrons. The van der Waals surface area contributed by atoms with Crippen LogP contribution in [0.5, 0.6) is 0 Å². The molecule has 0 saturated heterocycles. The predicted molar refractivity (Wildman–Crippen MR) is 59.6 cm³/mol. The van der Waals surface area contributed by atoms with Crippen LogP contribution in [0.25, 0.3) is 0 Å². The van der Waals surface area contributed by atoms with Gasteiger partial charge >= 0.3 is 0 Å². The summed E-state index contributed by atoms with van der Waals surface area (Å²) in [7, 11) is 4.05. The van der Waals surface area contributed by atoms with Gasteiger partial charge in [-0.3, -0.25) is 0 Å². The molecule has 0 fully saturated rings. The number of likely N-dealkylation sites (N-methyl/N-ethyl adjacent to an activating group) is 1. The molecule has 0 saturated carbocycles. The van der Waals surface area contributed by atoms with Crippen molar-refractivity contribution in [3.8, 4) is 12.3 Å². The lowest BCUT2D eigenvalue weighted by Gasteiger charge is -2.25. The normalized spacial score (nSPS) is 11.5. The van der Waals surface area contributed by atoms with E-state index >= 15 is 0 Å². The highest BCUT2D eigenvalue weighted by molar-refractivity contribution is 6.43. The zero-order valence-corrected chi connectivity index (χ0v) is 11.5. The van der Waals surface area contributed by atoms with E-state index in [0.717, 1.165) is 6.54 Å². The highest BCUT2D eigenvalue weighted by atomic mass is 79.9. The van der Waals surface area contributed by atoms with Crippen molar-refractivity contribution in [2.24, 2.45) is 0 Å². The van der Waals surface area contributed by atoms with Crippen LogP contribution in [-0.4, -0.2) is 31.7 Å². The minimum Gasteiger partial charge on any atom is -1.00 e. The fourth-order valence-corrected chi connectivity index (χ4v) is 0.896. The van der Waals surface area contributed by atoms with Crippen molar-refractivity contribution >= 4 is 23.2 Å². The topological polar surface area (TPSA) is 0 Å². The lowest BCUT2D eigenvalue weighted by Crippen LogP contribution is -3.00. The van der Waals surface area contributed by atoms with Crippen molar-refractivity contribution in [2.75, 3.05) is 27.2 Å². The molecule has 0 aromatic rings. The predicted octanol–water partition coefficient (Wildman–Crippen LogP) is -0.425. The fourth-order valence-electron chi connectivity index (χ4n) is 0.750. The molecule has 1 nitrogen and oxygen atoms in total. The van der Waals surface area contributed by atoms with Gasteiger partial charge in [-0.05, 0) is 12.0 Å². The van der Waals surface area contributed by atoms with Crippen LogP contribution in [0.1, 0.15) is 0 Å². The van der Waals surface area contributed by atoms with Crippen LogP contribution in [0.2, 0.25) is 0 Å². The largest absolute Gasteiger partial charge is 1.00 e. The number of hydrogen-bond acceptors (Lipinski definition) is 0. The van der Waals surface area contributed by atoms with Crippen molar-refractivity contribution in [2.45, 2.75) is 0 Å². The van der Waals surface area contributed by atoms with E-state index < -0.39 is 0 Å². The Morgan fingerprint density at radius 1 is 1.50 bits per heavy atom. The maximum Gasteiger partial charge on any atom is 0.140 e. The fraction of sp³-hybridized carbons (Fsp3) is 0.400. The Hall–Kier alpha value is 0.0600. The monoisotopic (exact) mass is 297 g/mol. The van der Waals surface area contributed by atoms with E-state index in [-0.39, 0.29) is 17.0 Å². The number of allylic oxidation sites excluding steroid dienone is 2.